The number of halogens is 1. The Labute approximate surface area is 187 Å². The summed E-state index contributed by atoms with van der Waals surface area (Å²) < 4.78 is 6.92. The van der Waals surface area contributed by atoms with Gasteiger partial charge in [0.25, 0.3) is 5.91 Å². The van der Waals surface area contributed by atoms with E-state index in [4.69, 9.17) is 16.1 Å². The summed E-state index contributed by atoms with van der Waals surface area (Å²) in [4.78, 5) is 17.9. The number of nitrogens with one attached hydrogen (secondary N) is 1. The number of nitrogens with zero attached hydrogens (tertiary/aromatic N) is 4. The van der Waals surface area contributed by atoms with Crippen molar-refractivity contribution in [2.45, 2.75) is 71.4 Å². The number of amides is 1. The lowest BCUT2D eigenvalue weighted by Gasteiger charge is -2.30. The second kappa shape index (κ2) is 8.83. The van der Waals surface area contributed by atoms with Crippen molar-refractivity contribution in [1.29, 1.82) is 0 Å². The van der Waals surface area contributed by atoms with E-state index < -0.39 is 5.54 Å². The molecule has 164 valence electrons. The van der Waals surface area contributed by atoms with Crippen LogP contribution in [0.3, 0.4) is 0 Å². The minimum Gasteiger partial charge on any atom is -0.340 e. The largest absolute Gasteiger partial charge is 0.340 e. The summed E-state index contributed by atoms with van der Waals surface area (Å²) in [6.45, 7) is 6.12. The minimum atomic E-state index is -0.653. The molecule has 1 amide bonds. The molecule has 31 heavy (non-hydrogen) atoms. The average Bonchev–Trinajstić information content (AvgIpc) is 3.19. The summed E-state index contributed by atoms with van der Waals surface area (Å²) in [6, 6.07) is 8.19. The van der Waals surface area contributed by atoms with E-state index >= 15 is 0 Å². The van der Waals surface area contributed by atoms with Crippen LogP contribution in [0.15, 0.2) is 28.8 Å². The average molecular weight is 442 g/mol. The normalized spacial score (nSPS) is 16.1. The van der Waals surface area contributed by atoms with Crippen molar-refractivity contribution < 1.29 is 9.32 Å². The molecule has 0 saturated heterocycles. The van der Waals surface area contributed by atoms with Gasteiger partial charge in [0, 0.05) is 6.92 Å². The number of carbonyl (C=O) groups excluding carboxylic acids is 1. The van der Waals surface area contributed by atoms with Crippen LogP contribution in [0.4, 0.5) is 0 Å². The van der Waals surface area contributed by atoms with Gasteiger partial charge in [-0.05, 0) is 32.3 Å². The van der Waals surface area contributed by atoms with E-state index in [1.807, 2.05) is 26.0 Å². The first-order valence-electron chi connectivity index (χ1n) is 10.8. The highest BCUT2D eigenvalue weighted by Crippen LogP contribution is 2.35. The van der Waals surface area contributed by atoms with E-state index in [0.717, 1.165) is 44.1 Å². The Kier molecular flexibility index (Phi) is 6.14. The molecule has 0 aliphatic heterocycles. The first kappa shape index (κ1) is 21.6. The Morgan fingerprint density at radius 2 is 1.81 bits per heavy atom. The van der Waals surface area contributed by atoms with Crippen molar-refractivity contribution in [2.75, 3.05) is 0 Å². The van der Waals surface area contributed by atoms with Crippen molar-refractivity contribution in [1.82, 2.24) is 25.2 Å². The van der Waals surface area contributed by atoms with Gasteiger partial charge >= 0.3 is 0 Å². The van der Waals surface area contributed by atoms with Crippen LogP contribution in [0.1, 0.15) is 77.4 Å². The van der Waals surface area contributed by atoms with E-state index in [1.165, 1.54) is 5.56 Å². The predicted octanol–water partition coefficient (Wildman–Crippen LogP) is 4.87. The highest BCUT2D eigenvalue weighted by molar-refractivity contribution is 6.33. The van der Waals surface area contributed by atoms with Crippen LogP contribution in [0, 0.1) is 20.8 Å². The maximum Gasteiger partial charge on any atom is 0.257 e. The lowest BCUT2D eigenvalue weighted by molar-refractivity contribution is 0.0876. The maximum atomic E-state index is 13.4. The molecular weight excluding hydrogens is 414 g/mol. The Morgan fingerprint density at radius 3 is 2.42 bits per heavy atom. The summed E-state index contributed by atoms with van der Waals surface area (Å²) in [5.74, 6) is 0.788. The van der Waals surface area contributed by atoms with Crippen molar-refractivity contribution >= 4 is 17.5 Å². The molecule has 2 aromatic heterocycles. The molecule has 0 bridgehead atoms. The molecule has 1 saturated carbocycles. The quantitative estimate of drug-likeness (QED) is 0.570. The third-order valence-electron chi connectivity index (χ3n) is 6.01. The molecule has 0 radical (unpaired) electrons. The van der Waals surface area contributed by atoms with Crippen LogP contribution in [0.25, 0.3) is 0 Å². The van der Waals surface area contributed by atoms with Crippen LogP contribution >= 0.6 is 11.6 Å². The number of benzene rings is 1. The second-order valence-corrected chi connectivity index (χ2v) is 8.84. The zero-order valence-electron chi connectivity index (χ0n) is 18.2. The van der Waals surface area contributed by atoms with Gasteiger partial charge in [-0.2, -0.15) is 10.1 Å². The molecule has 1 aliphatic carbocycles. The van der Waals surface area contributed by atoms with Crippen LogP contribution in [-0.2, 0) is 12.1 Å². The fraction of sp³-hybridized carbons (Fsp3) is 0.478. The highest BCUT2D eigenvalue weighted by atomic mass is 35.5. The summed E-state index contributed by atoms with van der Waals surface area (Å²) in [6.07, 6.45) is 5.78. The van der Waals surface area contributed by atoms with E-state index in [2.05, 4.69) is 32.7 Å². The number of rotatable bonds is 5. The smallest absolute Gasteiger partial charge is 0.257 e. The van der Waals surface area contributed by atoms with Gasteiger partial charge < -0.3 is 9.84 Å². The van der Waals surface area contributed by atoms with Gasteiger partial charge in [-0.3, -0.25) is 4.79 Å². The molecule has 3 aromatic rings. The van der Waals surface area contributed by atoms with Crippen LogP contribution in [0.5, 0.6) is 0 Å². The third kappa shape index (κ3) is 4.51. The van der Waals surface area contributed by atoms with E-state index in [1.54, 1.807) is 11.6 Å². The van der Waals surface area contributed by atoms with Crippen molar-refractivity contribution in [3.63, 3.8) is 0 Å². The first-order valence-corrected chi connectivity index (χ1v) is 11.2. The number of carbonyl (C=O) groups is 1. The Hall–Kier alpha value is -2.67. The Balaban J connectivity index is 1.62. The summed E-state index contributed by atoms with van der Waals surface area (Å²) in [5, 5.41) is 12.3. The molecular formula is C23H28ClN5O2. The molecule has 0 atom stereocenters. The monoisotopic (exact) mass is 441 g/mol. The van der Waals surface area contributed by atoms with Crippen molar-refractivity contribution in [3.05, 3.63) is 63.5 Å². The van der Waals surface area contributed by atoms with Gasteiger partial charge in [0.05, 0.1) is 17.8 Å². The summed E-state index contributed by atoms with van der Waals surface area (Å²) >= 11 is 6.64. The molecule has 1 aliphatic rings. The molecule has 0 spiro atoms. The molecule has 0 unspecified atom stereocenters. The third-order valence-corrected chi connectivity index (χ3v) is 6.40. The van der Waals surface area contributed by atoms with Gasteiger partial charge in [0.15, 0.2) is 5.82 Å². The fourth-order valence-electron chi connectivity index (χ4n) is 4.29. The molecule has 7 nitrogen and oxygen atoms in total. The number of hydrogen-bond acceptors (Lipinski definition) is 5. The second-order valence-electron chi connectivity index (χ2n) is 8.48. The maximum absolute atomic E-state index is 13.4. The van der Waals surface area contributed by atoms with Crippen molar-refractivity contribution in [3.8, 4) is 0 Å². The number of hydrogen-bond donors (Lipinski definition) is 1. The lowest BCUT2D eigenvalue weighted by atomic mass is 9.88. The van der Waals surface area contributed by atoms with E-state index in [-0.39, 0.29) is 5.91 Å². The van der Waals surface area contributed by atoms with Crippen LogP contribution in [0.2, 0.25) is 5.15 Å². The number of aromatic nitrogens is 4. The SMILES string of the molecule is Cc1ccc(Cn2nc(C)c(C(=O)NC3(c4noc(C)n4)CCCCCC3)c2Cl)cc1. The zero-order chi connectivity index (χ0) is 22.0. The Bertz CT molecular complexity index is 1060. The molecule has 4 rings (SSSR count). The van der Waals surface area contributed by atoms with Gasteiger partial charge in [-0.1, -0.05) is 72.3 Å². The summed E-state index contributed by atoms with van der Waals surface area (Å²) in [7, 11) is 0. The van der Waals surface area contributed by atoms with Gasteiger partial charge in [-0.25, -0.2) is 4.68 Å². The highest BCUT2D eigenvalue weighted by Gasteiger charge is 2.40. The molecule has 1 N–H and O–H groups in total. The molecule has 2 heterocycles. The van der Waals surface area contributed by atoms with Crippen LogP contribution in [-0.4, -0.2) is 25.8 Å². The molecule has 8 heteroatoms. The van der Waals surface area contributed by atoms with Crippen LogP contribution < -0.4 is 5.32 Å². The number of aryl methyl sites for hydroxylation is 3. The molecule has 1 fully saturated rings. The van der Waals surface area contributed by atoms with Gasteiger partial charge in [0.2, 0.25) is 5.89 Å². The predicted molar refractivity (Wildman–Crippen MR) is 118 cm³/mol. The van der Waals surface area contributed by atoms with Crippen molar-refractivity contribution in [2.24, 2.45) is 0 Å². The topological polar surface area (TPSA) is 85.8 Å². The van der Waals surface area contributed by atoms with Gasteiger partial charge in [0.1, 0.15) is 10.7 Å². The molecule has 1 aromatic carbocycles. The van der Waals surface area contributed by atoms with E-state index in [9.17, 15) is 4.79 Å². The van der Waals surface area contributed by atoms with Gasteiger partial charge in [-0.15, -0.1) is 0 Å². The summed E-state index contributed by atoms with van der Waals surface area (Å²) in [5.41, 5.74) is 2.61. The standard InChI is InChI=1S/C23H28ClN5O2/c1-15-8-10-18(11-9-15)14-29-20(24)19(16(2)27-29)21(30)26-23(12-6-4-5-7-13-23)22-25-17(3)31-28-22/h8-11H,4-7,12-14H2,1-3H3,(H,26,30). The Morgan fingerprint density at radius 1 is 1.13 bits per heavy atom. The van der Waals surface area contributed by atoms with E-state index in [0.29, 0.717) is 34.7 Å². The lowest BCUT2D eigenvalue weighted by Crippen LogP contribution is -2.46. The zero-order valence-corrected chi connectivity index (χ0v) is 19.0. The first-order chi connectivity index (χ1) is 14.9. The fourth-order valence-corrected chi connectivity index (χ4v) is 4.61. The minimum absolute atomic E-state index is 0.248.